The molecule has 0 aliphatic rings. The van der Waals surface area contributed by atoms with E-state index in [1.165, 1.54) is 12.1 Å². The first-order valence-corrected chi connectivity index (χ1v) is 7.83. The summed E-state index contributed by atoms with van der Waals surface area (Å²) >= 11 is 0. The third kappa shape index (κ3) is 4.29. The minimum atomic E-state index is -3.80. The molecule has 1 rings (SSSR count). The summed E-state index contributed by atoms with van der Waals surface area (Å²) in [5.41, 5.74) is 7.49. The van der Waals surface area contributed by atoms with E-state index >= 15 is 0 Å². The van der Waals surface area contributed by atoms with Crippen LogP contribution in [-0.2, 0) is 14.8 Å². The van der Waals surface area contributed by atoms with Crippen LogP contribution in [0.5, 0.6) is 0 Å². The van der Waals surface area contributed by atoms with Gasteiger partial charge in [0.1, 0.15) is 0 Å². The second kappa shape index (κ2) is 6.34. The number of amides is 1. The number of nitrogens with two attached hydrogens (primary N) is 2. The van der Waals surface area contributed by atoms with Gasteiger partial charge in [-0.05, 0) is 49.6 Å². The van der Waals surface area contributed by atoms with E-state index in [1.807, 2.05) is 13.8 Å². The Morgan fingerprint density at radius 2 is 1.95 bits per heavy atom. The minimum Gasteiger partial charge on any atom is -0.330 e. The highest BCUT2D eigenvalue weighted by Crippen LogP contribution is 2.23. The van der Waals surface area contributed by atoms with E-state index in [2.05, 4.69) is 5.32 Å². The minimum absolute atomic E-state index is 0.0113. The van der Waals surface area contributed by atoms with Crippen LogP contribution < -0.4 is 16.2 Å². The average molecular weight is 299 g/mol. The van der Waals surface area contributed by atoms with Crippen LogP contribution in [0.3, 0.4) is 0 Å². The molecule has 0 radical (unpaired) electrons. The van der Waals surface area contributed by atoms with Gasteiger partial charge in [-0.25, -0.2) is 13.6 Å². The van der Waals surface area contributed by atoms with Crippen molar-refractivity contribution >= 4 is 21.6 Å². The number of benzene rings is 1. The number of hydrogen-bond acceptors (Lipinski definition) is 4. The lowest BCUT2D eigenvalue weighted by Crippen LogP contribution is -2.21. The van der Waals surface area contributed by atoms with Crippen LogP contribution in [0.4, 0.5) is 5.69 Å². The number of sulfonamides is 1. The molecule has 20 heavy (non-hydrogen) atoms. The average Bonchev–Trinajstić information content (AvgIpc) is 2.33. The zero-order valence-corrected chi connectivity index (χ0v) is 12.8. The molecule has 112 valence electrons. The molecule has 1 aromatic rings. The third-order valence-electron chi connectivity index (χ3n) is 3.18. The molecule has 1 aromatic carbocycles. The summed E-state index contributed by atoms with van der Waals surface area (Å²) in [6.07, 6.45) is 0.286. The third-order valence-corrected chi connectivity index (χ3v) is 4.07. The van der Waals surface area contributed by atoms with Crippen LogP contribution in [0, 0.1) is 19.8 Å². The van der Waals surface area contributed by atoms with E-state index in [0.717, 1.165) is 11.1 Å². The van der Waals surface area contributed by atoms with Gasteiger partial charge in [-0.1, -0.05) is 6.92 Å². The van der Waals surface area contributed by atoms with Crippen molar-refractivity contribution in [3.63, 3.8) is 0 Å². The van der Waals surface area contributed by atoms with E-state index in [4.69, 9.17) is 10.9 Å². The van der Waals surface area contributed by atoms with Crippen molar-refractivity contribution < 1.29 is 13.2 Å². The highest BCUT2D eigenvalue weighted by atomic mass is 32.2. The molecule has 0 aromatic heterocycles. The fraction of sp³-hybridized carbons (Fsp3) is 0.462. The van der Waals surface area contributed by atoms with Gasteiger partial charge in [0.25, 0.3) is 0 Å². The van der Waals surface area contributed by atoms with Gasteiger partial charge >= 0.3 is 0 Å². The van der Waals surface area contributed by atoms with E-state index in [-0.39, 0.29) is 23.1 Å². The van der Waals surface area contributed by atoms with Crippen molar-refractivity contribution in [2.24, 2.45) is 16.8 Å². The topological polar surface area (TPSA) is 115 Å². The lowest BCUT2D eigenvalue weighted by Gasteiger charge is -2.14. The standard InChI is InChI=1S/C13H21N3O3S/c1-8(7-14)4-13(17)16-12-6-11(20(15,18)19)5-9(2)10(12)3/h5-6,8H,4,7,14H2,1-3H3,(H,16,17)(H2,15,18,19). The monoisotopic (exact) mass is 299 g/mol. The van der Waals surface area contributed by atoms with Crippen LogP contribution >= 0.6 is 0 Å². The first-order chi connectivity index (χ1) is 9.15. The van der Waals surface area contributed by atoms with Crippen molar-refractivity contribution in [1.82, 2.24) is 0 Å². The Labute approximate surface area is 119 Å². The van der Waals surface area contributed by atoms with E-state index in [1.54, 1.807) is 6.92 Å². The lowest BCUT2D eigenvalue weighted by atomic mass is 10.1. The van der Waals surface area contributed by atoms with Gasteiger partial charge in [-0.2, -0.15) is 0 Å². The molecule has 1 amide bonds. The normalized spacial score (nSPS) is 13.1. The quantitative estimate of drug-likeness (QED) is 0.748. The molecule has 1 atom stereocenters. The van der Waals surface area contributed by atoms with Crippen molar-refractivity contribution in [2.45, 2.75) is 32.1 Å². The first-order valence-electron chi connectivity index (χ1n) is 6.29. The summed E-state index contributed by atoms with van der Waals surface area (Å²) in [5, 5.41) is 7.83. The van der Waals surface area contributed by atoms with Gasteiger partial charge < -0.3 is 11.1 Å². The van der Waals surface area contributed by atoms with Gasteiger partial charge in [0.05, 0.1) is 4.90 Å². The lowest BCUT2D eigenvalue weighted by molar-refractivity contribution is -0.116. The zero-order valence-electron chi connectivity index (χ0n) is 11.9. The van der Waals surface area contributed by atoms with Crippen molar-refractivity contribution in [3.05, 3.63) is 23.3 Å². The summed E-state index contributed by atoms with van der Waals surface area (Å²) in [7, 11) is -3.80. The number of primary sulfonamides is 1. The number of aryl methyl sites for hydroxylation is 1. The molecule has 0 heterocycles. The summed E-state index contributed by atoms with van der Waals surface area (Å²) in [5.74, 6) is -0.130. The Kier molecular flexibility index (Phi) is 5.27. The molecule has 0 bridgehead atoms. The molecule has 5 N–H and O–H groups in total. The summed E-state index contributed by atoms with van der Waals surface area (Å²) in [4.78, 5) is 11.8. The van der Waals surface area contributed by atoms with Gasteiger partial charge in [-0.3, -0.25) is 4.79 Å². The van der Waals surface area contributed by atoms with Crippen LogP contribution in [0.1, 0.15) is 24.5 Å². The van der Waals surface area contributed by atoms with Gasteiger partial charge in [-0.15, -0.1) is 0 Å². The molecule has 0 aliphatic carbocycles. The molecule has 6 nitrogen and oxygen atoms in total. The number of carbonyl (C=O) groups excluding carboxylic acids is 1. The molecule has 1 unspecified atom stereocenters. The zero-order chi connectivity index (χ0) is 15.5. The fourth-order valence-corrected chi connectivity index (χ4v) is 2.34. The number of carbonyl (C=O) groups is 1. The smallest absolute Gasteiger partial charge is 0.238 e. The second-order valence-electron chi connectivity index (χ2n) is 5.05. The Bertz CT molecular complexity index is 612. The first kappa shape index (κ1) is 16.6. The van der Waals surface area contributed by atoms with E-state index in [0.29, 0.717) is 12.2 Å². The van der Waals surface area contributed by atoms with Crippen LogP contribution in [0.2, 0.25) is 0 Å². The maximum Gasteiger partial charge on any atom is 0.238 e. The van der Waals surface area contributed by atoms with E-state index < -0.39 is 10.0 Å². The number of hydrogen-bond donors (Lipinski definition) is 3. The number of nitrogens with one attached hydrogen (secondary N) is 1. The molecular formula is C13H21N3O3S. The van der Waals surface area contributed by atoms with Crippen LogP contribution in [0.25, 0.3) is 0 Å². The largest absolute Gasteiger partial charge is 0.330 e. The predicted octanol–water partition coefficient (Wildman–Crippen LogP) is 0.874. The summed E-state index contributed by atoms with van der Waals surface area (Å²) in [6.45, 7) is 5.87. The molecule has 0 saturated heterocycles. The number of anilines is 1. The fourth-order valence-electron chi connectivity index (χ4n) is 1.72. The highest BCUT2D eigenvalue weighted by Gasteiger charge is 2.15. The molecule has 7 heteroatoms. The Hall–Kier alpha value is -1.44. The maximum atomic E-state index is 11.9. The maximum absolute atomic E-state index is 11.9. The van der Waals surface area contributed by atoms with Crippen LogP contribution in [0.15, 0.2) is 17.0 Å². The summed E-state index contributed by atoms with van der Waals surface area (Å²) < 4.78 is 22.8. The van der Waals surface area contributed by atoms with Gasteiger partial charge in [0, 0.05) is 12.1 Å². The van der Waals surface area contributed by atoms with E-state index in [9.17, 15) is 13.2 Å². The number of rotatable bonds is 5. The van der Waals surface area contributed by atoms with Gasteiger partial charge in [0.15, 0.2) is 0 Å². The summed E-state index contributed by atoms with van der Waals surface area (Å²) in [6, 6.07) is 2.87. The van der Waals surface area contributed by atoms with Crippen molar-refractivity contribution in [2.75, 3.05) is 11.9 Å². The Balaban J connectivity index is 3.06. The highest BCUT2D eigenvalue weighted by molar-refractivity contribution is 7.89. The van der Waals surface area contributed by atoms with Crippen molar-refractivity contribution in [1.29, 1.82) is 0 Å². The van der Waals surface area contributed by atoms with Crippen LogP contribution in [-0.4, -0.2) is 20.9 Å². The Morgan fingerprint density at radius 3 is 2.45 bits per heavy atom. The SMILES string of the molecule is Cc1cc(S(N)(=O)=O)cc(NC(=O)CC(C)CN)c1C. The molecular weight excluding hydrogens is 278 g/mol. The molecule has 0 saturated carbocycles. The molecule has 0 spiro atoms. The van der Waals surface area contributed by atoms with Gasteiger partial charge in [0.2, 0.25) is 15.9 Å². The molecule has 0 aliphatic heterocycles. The predicted molar refractivity (Wildman–Crippen MR) is 78.8 cm³/mol. The Morgan fingerprint density at radius 1 is 1.35 bits per heavy atom. The molecule has 0 fully saturated rings. The second-order valence-corrected chi connectivity index (χ2v) is 6.61. The van der Waals surface area contributed by atoms with Crippen molar-refractivity contribution in [3.8, 4) is 0 Å².